The minimum absolute atomic E-state index is 0.0511. The third-order valence-corrected chi connectivity index (χ3v) is 5.61. The molecule has 1 aromatic heterocycles. The molecule has 0 radical (unpaired) electrons. The highest BCUT2D eigenvalue weighted by atomic mass is 32.2. The number of sulfonamides is 1. The number of nitrogens with one attached hydrogen (secondary N) is 1. The van der Waals surface area contributed by atoms with Gasteiger partial charge < -0.3 is 4.90 Å². The van der Waals surface area contributed by atoms with E-state index in [1.165, 1.54) is 12.5 Å². The predicted molar refractivity (Wildman–Crippen MR) is 85.3 cm³/mol. The minimum Gasteiger partial charge on any atom is -0.337 e. The molecule has 2 aliphatic rings. The van der Waals surface area contributed by atoms with Gasteiger partial charge in [0.05, 0.1) is 18.1 Å². The van der Waals surface area contributed by atoms with Gasteiger partial charge in [-0.1, -0.05) is 0 Å². The van der Waals surface area contributed by atoms with Crippen molar-refractivity contribution < 1.29 is 13.2 Å². The normalized spacial score (nSPS) is 21.2. The highest BCUT2D eigenvalue weighted by Gasteiger charge is 2.47. The van der Waals surface area contributed by atoms with Crippen molar-refractivity contribution in [3.63, 3.8) is 0 Å². The van der Waals surface area contributed by atoms with Gasteiger partial charge >= 0.3 is 0 Å². The fourth-order valence-electron chi connectivity index (χ4n) is 3.63. The first-order valence-electron chi connectivity index (χ1n) is 7.82. The van der Waals surface area contributed by atoms with Crippen LogP contribution in [0.25, 0.3) is 0 Å². The van der Waals surface area contributed by atoms with Crippen LogP contribution in [-0.4, -0.2) is 54.6 Å². The van der Waals surface area contributed by atoms with E-state index in [2.05, 4.69) is 14.7 Å². The Hall–Kier alpha value is -1.54. The van der Waals surface area contributed by atoms with Gasteiger partial charge in [-0.25, -0.2) is 18.1 Å². The molecule has 0 bridgehead atoms. The molecule has 0 atom stereocenters. The van der Waals surface area contributed by atoms with E-state index in [1.807, 2.05) is 11.8 Å². The second kappa shape index (κ2) is 5.83. The predicted octanol–water partition coefficient (Wildman–Crippen LogP) is 0.719. The van der Waals surface area contributed by atoms with Crippen LogP contribution in [0.4, 0.5) is 0 Å². The third kappa shape index (κ3) is 3.69. The summed E-state index contributed by atoms with van der Waals surface area (Å²) in [6.45, 7) is 3.23. The summed E-state index contributed by atoms with van der Waals surface area (Å²) in [6, 6.07) is 0.0511. The SMILES string of the molecule is Cc1cnc(C(=O)N2CCC3(CC2)CC(NS(C)(=O)=O)C3)cn1. The van der Waals surface area contributed by atoms with Crippen molar-refractivity contribution in [1.29, 1.82) is 0 Å². The topological polar surface area (TPSA) is 92.3 Å². The average molecular weight is 338 g/mol. The number of rotatable bonds is 3. The van der Waals surface area contributed by atoms with Crippen LogP contribution in [-0.2, 0) is 10.0 Å². The molecular weight excluding hydrogens is 316 g/mol. The van der Waals surface area contributed by atoms with Gasteiger partial charge in [-0.3, -0.25) is 9.78 Å². The molecule has 1 N–H and O–H groups in total. The highest BCUT2D eigenvalue weighted by molar-refractivity contribution is 7.88. The Kier molecular flexibility index (Phi) is 4.14. The standard InChI is InChI=1S/C15H22N4O3S/c1-11-9-17-13(10-16-11)14(20)19-5-3-15(4-6-19)7-12(8-15)18-23(2,21)22/h9-10,12,18H,3-8H2,1-2H3. The number of carbonyl (C=O) groups is 1. The summed E-state index contributed by atoms with van der Waals surface area (Å²) in [7, 11) is -3.13. The number of nitrogens with zero attached hydrogens (tertiary/aromatic N) is 3. The number of aromatic nitrogens is 2. The molecule has 1 amide bonds. The first kappa shape index (κ1) is 16.3. The second-order valence-corrected chi connectivity index (χ2v) is 8.61. The minimum atomic E-state index is -3.13. The molecule has 126 valence electrons. The van der Waals surface area contributed by atoms with Crippen molar-refractivity contribution >= 4 is 15.9 Å². The van der Waals surface area contributed by atoms with Crippen LogP contribution < -0.4 is 4.72 Å². The first-order chi connectivity index (χ1) is 10.8. The molecule has 1 saturated carbocycles. The molecule has 7 nitrogen and oxygen atoms in total. The maximum absolute atomic E-state index is 12.4. The van der Waals surface area contributed by atoms with Gasteiger partial charge in [-0.2, -0.15) is 0 Å². The molecule has 1 aromatic rings. The first-order valence-corrected chi connectivity index (χ1v) is 9.71. The summed E-state index contributed by atoms with van der Waals surface area (Å²) in [4.78, 5) is 22.5. The van der Waals surface area contributed by atoms with Crippen molar-refractivity contribution in [1.82, 2.24) is 19.6 Å². The van der Waals surface area contributed by atoms with Crippen LogP contribution in [0.1, 0.15) is 41.9 Å². The number of hydrogen-bond donors (Lipinski definition) is 1. The summed E-state index contributed by atoms with van der Waals surface area (Å²) in [5.74, 6) is -0.0718. The van der Waals surface area contributed by atoms with E-state index >= 15 is 0 Å². The Morgan fingerprint density at radius 2 is 1.91 bits per heavy atom. The lowest BCUT2D eigenvalue weighted by molar-refractivity contribution is 0.0135. The van der Waals surface area contributed by atoms with Gasteiger partial charge in [0, 0.05) is 25.3 Å². The van der Waals surface area contributed by atoms with Crippen LogP contribution in [0.3, 0.4) is 0 Å². The molecule has 1 aliphatic carbocycles. The number of likely N-dealkylation sites (tertiary alicyclic amines) is 1. The van der Waals surface area contributed by atoms with Crippen molar-refractivity contribution in [2.75, 3.05) is 19.3 Å². The van der Waals surface area contributed by atoms with E-state index < -0.39 is 10.0 Å². The second-order valence-electron chi connectivity index (χ2n) is 6.83. The van der Waals surface area contributed by atoms with Crippen molar-refractivity contribution in [3.05, 3.63) is 23.8 Å². The Bertz CT molecular complexity index is 686. The van der Waals surface area contributed by atoms with E-state index in [9.17, 15) is 13.2 Å². The molecule has 23 heavy (non-hydrogen) atoms. The molecule has 3 rings (SSSR count). The molecule has 1 aliphatic heterocycles. The molecule has 2 fully saturated rings. The number of piperidine rings is 1. The zero-order chi connectivity index (χ0) is 16.7. The Morgan fingerprint density at radius 3 is 2.43 bits per heavy atom. The number of hydrogen-bond acceptors (Lipinski definition) is 5. The van der Waals surface area contributed by atoms with Crippen LogP contribution in [0.5, 0.6) is 0 Å². The summed E-state index contributed by atoms with van der Waals surface area (Å²) >= 11 is 0. The monoisotopic (exact) mass is 338 g/mol. The van der Waals surface area contributed by atoms with Crippen LogP contribution in [0, 0.1) is 12.3 Å². The lowest BCUT2D eigenvalue weighted by Crippen LogP contribution is -2.55. The third-order valence-electron chi connectivity index (χ3n) is 4.85. The molecule has 0 aromatic carbocycles. The quantitative estimate of drug-likeness (QED) is 0.877. The molecule has 2 heterocycles. The fourth-order valence-corrected chi connectivity index (χ4v) is 4.40. The smallest absolute Gasteiger partial charge is 0.274 e. The fraction of sp³-hybridized carbons (Fsp3) is 0.667. The summed E-state index contributed by atoms with van der Waals surface area (Å²) in [6.07, 6.45) is 7.89. The molecule has 1 saturated heterocycles. The number of amides is 1. The van der Waals surface area contributed by atoms with Gasteiger partial charge in [-0.15, -0.1) is 0 Å². The van der Waals surface area contributed by atoms with E-state index in [0.717, 1.165) is 31.4 Å². The maximum atomic E-state index is 12.4. The maximum Gasteiger partial charge on any atom is 0.274 e. The van der Waals surface area contributed by atoms with E-state index in [0.29, 0.717) is 18.8 Å². The van der Waals surface area contributed by atoms with Gasteiger partial charge in [-0.05, 0) is 38.0 Å². The average Bonchev–Trinajstić information content (AvgIpc) is 2.45. The van der Waals surface area contributed by atoms with Crippen LogP contribution in [0.15, 0.2) is 12.4 Å². The molecular formula is C15H22N4O3S. The van der Waals surface area contributed by atoms with Crippen molar-refractivity contribution in [3.8, 4) is 0 Å². The van der Waals surface area contributed by atoms with Gasteiger partial charge in [0.1, 0.15) is 5.69 Å². The van der Waals surface area contributed by atoms with E-state index in [-0.39, 0.29) is 17.4 Å². The van der Waals surface area contributed by atoms with E-state index in [1.54, 1.807) is 6.20 Å². The van der Waals surface area contributed by atoms with Gasteiger partial charge in [0.2, 0.25) is 10.0 Å². The molecule has 1 spiro atoms. The highest BCUT2D eigenvalue weighted by Crippen LogP contribution is 2.49. The summed E-state index contributed by atoms with van der Waals surface area (Å²) < 4.78 is 25.2. The molecule has 8 heteroatoms. The zero-order valence-electron chi connectivity index (χ0n) is 13.4. The van der Waals surface area contributed by atoms with Gasteiger partial charge in [0.15, 0.2) is 0 Å². The Morgan fingerprint density at radius 1 is 1.26 bits per heavy atom. The van der Waals surface area contributed by atoms with Crippen molar-refractivity contribution in [2.45, 2.75) is 38.6 Å². The van der Waals surface area contributed by atoms with Crippen molar-refractivity contribution in [2.24, 2.45) is 5.41 Å². The van der Waals surface area contributed by atoms with Crippen LogP contribution in [0.2, 0.25) is 0 Å². The summed E-state index contributed by atoms with van der Waals surface area (Å²) in [5, 5.41) is 0. The van der Waals surface area contributed by atoms with Gasteiger partial charge in [0.25, 0.3) is 5.91 Å². The molecule has 0 unspecified atom stereocenters. The number of aryl methyl sites for hydroxylation is 1. The largest absolute Gasteiger partial charge is 0.337 e. The van der Waals surface area contributed by atoms with Crippen LogP contribution >= 0.6 is 0 Å². The summed E-state index contributed by atoms with van der Waals surface area (Å²) in [5.41, 5.74) is 1.37. The number of carbonyl (C=O) groups excluding carboxylic acids is 1. The Labute approximate surface area is 136 Å². The zero-order valence-corrected chi connectivity index (χ0v) is 14.3. The lowest BCUT2D eigenvalue weighted by Gasteiger charge is -2.52. The Balaban J connectivity index is 1.53. The van der Waals surface area contributed by atoms with E-state index in [4.69, 9.17) is 0 Å². The lowest BCUT2D eigenvalue weighted by atomic mass is 9.60.